The second-order valence-electron chi connectivity index (χ2n) is 17.8. The van der Waals surface area contributed by atoms with Gasteiger partial charge in [-0.05, 0) is 115 Å². The smallest absolute Gasteiger partial charge is 0.331 e. The van der Waals surface area contributed by atoms with Crippen molar-refractivity contribution in [1.82, 2.24) is 0 Å². The van der Waals surface area contributed by atoms with Crippen molar-refractivity contribution < 1.29 is 9.53 Å². The van der Waals surface area contributed by atoms with Crippen molar-refractivity contribution >= 4 is 12.0 Å². The van der Waals surface area contributed by atoms with E-state index in [9.17, 15) is 4.79 Å². The fraction of sp³-hybridized carbons (Fsp3) is 0.683. The molecule has 2 nitrogen and oxygen atoms in total. The molecule has 0 spiro atoms. The lowest BCUT2D eigenvalue weighted by Gasteiger charge is -2.71. The minimum atomic E-state index is -0.210. The lowest BCUT2D eigenvalue weighted by molar-refractivity contribution is -0.210. The van der Waals surface area contributed by atoms with Crippen molar-refractivity contribution in [1.29, 1.82) is 0 Å². The Morgan fingerprint density at radius 3 is 2.28 bits per heavy atom. The number of hydrogen-bond acceptors (Lipinski definition) is 2. The van der Waals surface area contributed by atoms with Gasteiger partial charge in [-0.15, -0.1) is 0 Å². The first-order valence-corrected chi connectivity index (χ1v) is 17.5. The zero-order chi connectivity index (χ0) is 30.9. The first kappa shape index (κ1) is 30.9. The van der Waals surface area contributed by atoms with Crippen LogP contribution in [0.25, 0.3) is 6.08 Å². The van der Waals surface area contributed by atoms with Gasteiger partial charge in [0, 0.05) is 11.5 Å². The summed E-state index contributed by atoms with van der Waals surface area (Å²) in [6.45, 7) is 20.5. The molecule has 5 aliphatic rings. The van der Waals surface area contributed by atoms with Crippen LogP contribution in [0.2, 0.25) is 0 Å². The maximum Gasteiger partial charge on any atom is 0.331 e. The maximum atomic E-state index is 13.0. The Balaban J connectivity index is 1.21. The van der Waals surface area contributed by atoms with Crippen LogP contribution in [-0.2, 0) is 9.53 Å². The molecule has 234 valence electrons. The van der Waals surface area contributed by atoms with Crippen LogP contribution < -0.4 is 0 Å². The number of ether oxygens (including phenoxy) is 1. The minimum Gasteiger partial charge on any atom is -0.459 e. The summed E-state index contributed by atoms with van der Waals surface area (Å²) in [5, 5.41) is 0. The molecule has 4 saturated carbocycles. The summed E-state index contributed by atoms with van der Waals surface area (Å²) in [5.41, 5.74) is 4.78. The Labute approximate surface area is 262 Å². The van der Waals surface area contributed by atoms with Gasteiger partial charge >= 0.3 is 5.97 Å². The highest BCUT2D eigenvalue weighted by molar-refractivity contribution is 5.82. The quantitative estimate of drug-likeness (QED) is 0.153. The third-order valence-corrected chi connectivity index (χ3v) is 14.7. The van der Waals surface area contributed by atoms with Crippen molar-refractivity contribution in [2.24, 2.45) is 50.2 Å². The molecule has 1 aromatic carbocycles. The average Bonchev–Trinajstić information content (AvgIpc) is 2.94. The summed E-state index contributed by atoms with van der Waals surface area (Å²) in [6, 6.07) is 10.2. The summed E-state index contributed by atoms with van der Waals surface area (Å²) >= 11 is 0. The fourth-order valence-corrected chi connectivity index (χ4v) is 11.7. The number of carbonyl (C=O) groups is 1. The molecular formula is C41H58O2. The van der Waals surface area contributed by atoms with Crippen LogP contribution in [0.4, 0.5) is 0 Å². The first-order chi connectivity index (χ1) is 20.1. The highest BCUT2D eigenvalue weighted by atomic mass is 16.5. The van der Waals surface area contributed by atoms with Crippen molar-refractivity contribution in [3.8, 4) is 0 Å². The van der Waals surface area contributed by atoms with E-state index in [1.807, 2.05) is 42.0 Å². The minimum absolute atomic E-state index is 0.0321. The molecular weight excluding hydrogens is 524 g/mol. The summed E-state index contributed by atoms with van der Waals surface area (Å²) in [7, 11) is 0. The SMILES string of the molecule is CC1(C)CC[C@]2(C)CC[C@]3(C)C(=CC[C@@H]4[C@@]5(C)CC[C@H](OC(=O)C=CC=Cc6ccccc6)C(C)(C)[C@@H]5CC[C@]43C)[C@@H]2C1. The Bertz CT molecular complexity index is 1310. The average molecular weight is 583 g/mol. The van der Waals surface area contributed by atoms with Gasteiger partial charge in [-0.25, -0.2) is 4.79 Å². The van der Waals surface area contributed by atoms with Gasteiger partial charge < -0.3 is 4.74 Å². The molecule has 0 aliphatic heterocycles. The Morgan fingerprint density at radius 1 is 0.814 bits per heavy atom. The van der Waals surface area contributed by atoms with Crippen LogP contribution in [0.3, 0.4) is 0 Å². The van der Waals surface area contributed by atoms with Gasteiger partial charge in [-0.3, -0.25) is 0 Å². The summed E-state index contributed by atoms with van der Waals surface area (Å²) in [5.74, 6) is 1.79. The molecule has 0 radical (unpaired) electrons. The van der Waals surface area contributed by atoms with Crippen LogP contribution in [-0.4, -0.2) is 12.1 Å². The molecule has 0 aromatic heterocycles. The van der Waals surface area contributed by atoms with Crippen LogP contribution in [0.5, 0.6) is 0 Å². The second-order valence-corrected chi connectivity index (χ2v) is 17.8. The van der Waals surface area contributed by atoms with Crippen molar-refractivity contribution in [2.45, 2.75) is 126 Å². The normalized spacial score (nSPS) is 43.2. The number of benzene rings is 1. The molecule has 0 unspecified atom stereocenters. The second kappa shape index (κ2) is 10.5. The Kier molecular flexibility index (Phi) is 7.54. The number of esters is 1. The van der Waals surface area contributed by atoms with Gasteiger partial charge in [0.1, 0.15) is 6.10 Å². The van der Waals surface area contributed by atoms with Crippen LogP contribution in [0.15, 0.2) is 60.2 Å². The molecule has 2 heteroatoms. The summed E-state index contributed by atoms with van der Waals surface area (Å²) in [6.07, 6.45) is 22.9. The molecule has 8 atom stereocenters. The van der Waals surface area contributed by atoms with E-state index in [4.69, 9.17) is 4.74 Å². The van der Waals surface area contributed by atoms with Crippen LogP contribution in [0.1, 0.15) is 125 Å². The third-order valence-electron chi connectivity index (χ3n) is 14.7. The number of rotatable bonds is 4. The Morgan fingerprint density at radius 2 is 1.53 bits per heavy atom. The van der Waals surface area contributed by atoms with E-state index in [0.29, 0.717) is 33.5 Å². The van der Waals surface area contributed by atoms with E-state index in [1.165, 1.54) is 51.4 Å². The van der Waals surface area contributed by atoms with Crippen LogP contribution in [0, 0.1) is 50.2 Å². The number of allylic oxidation sites excluding steroid dienone is 4. The van der Waals surface area contributed by atoms with Crippen LogP contribution >= 0.6 is 0 Å². The van der Waals surface area contributed by atoms with E-state index >= 15 is 0 Å². The molecule has 5 aliphatic carbocycles. The van der Waals surface area contributed by atoms with E-state index in [0.717, 1.165) is 24.3 Å². The van der Waals surface area contributed by atoms with E-state index in [2.05, 4.69) is 73.6 Å². The molecule has 1 aromatic rings. The zero-order valence-electron chi connectivity index (χ0n) is 28.5. The van der Waals surface area contributed by atoms with Gasteiger partial charge in [-0.1, -0.05) is 116 Å². The maximum absolute atomic E-state index is 13.0. The molecule has 0 amide bonds. The lowest BCUT2D eigenvalue weighted by atomic mass is 9.33. The summed E-state index contributed by atoms with van der Waals surface area (Å²) in [4.78, 5) is 13.0. The van der Waals surface area contributed by atoms with Gasteiger partial charge in [0.25, 0.3) is 0 Å². The van der Waals surface area contributed by atoms with Gasteiger partial charge in [0.15, 0.2) is 0 Å². The largest absolute Gasteiger partial charge is 0.459 e. The molecule has 0 saturated heterocycles. The summed E-state index contributed by atoms with van der Waals surface area (Å²) < 4.78 is 6.24. The van der Waals surface area contributed by atoms with E-state index < -0.39 is 0 Å². The monoisotopic (exact) mass is 582 g/mol. The standard InChI is InChI=1S/C41H58O2/c1-36(2)24-25-38(5)26-27-40(7)30(31(38)28-36)18-19-33-39(6)22-21-34(37(3,4)32(39)20-23-41(33,40)8)43-35(42)17-13-12-16-29-14-10-9-11-15-29/h9-18,31-34H,19-28H2,1-8H3/t31-,32-,33+,34-,38+,39-,40+,41+/m0/s1. The highest BCUT2D eigenvalue weighted by Crippen LogP contribution is 2.75. The highest BCUT2D eigenvalue weighted by Gasteiger charge is 2.68. The molecule has 0 bridgehead atoms. The topological polar surface area (TPSA) is 26.3 Å². The van der Waals surface area contributed by atoms with Crippen molar-refractivity contribution in [2.75, 3.05) is 0 Å². The zero-order valence-corrected chi connectivity index (χ0v) is 28.5. The molecule has 0 N–H and O–H groups in total. The lowest BCUT2D eigenvalue weighted by Crippen LogP contribution is -2.64. The molecule has 43 heavy (non-hydrogen) atoms. The van der Waals surface area contributed by atoms with Gasteiger partial charge in [0.2, 0.25) is 0 Å². The van der Waals surface area contributed by atoms with E-state index in [1.54, 1.807) is 6.08 Å². The van der Waals surface area contributed by atoms with E-state index in [-0.39, 0.29) is 22.9 Å². The third kappa shape index (κ3) is 4.93. The molecule has 4 fully saturated rings. The number of carbonyl (C=O) groups excluding carboxylic acids is 1. The van der Waals surface area contributed by atoms with Crippen molar-refractivity contribution in [3.05, 3.63) is 65.8 Å². The first-order valence-electron chi connectivity index (χ1n) is 17.5. The number of hydrogen-bond donors (Lipinski definition) is 0. The molecule has 0 heterocycles. The van der Waals surface area contributed by atoms with Gasteiger partial charge in [-0.2, -0.15) is 0 Å². The van der Waals surface area contributed by atoms with Gasteiger partial charge in [0.05, 0.1) is 0 Å². The predicted molar refractivity (Wildman–Crippen MR) is 179 cm³/mol. The fourth-order valence-electron chi connectivity index (χ4n) is 11.7. The predicted octanol–water partition coefficient (Wildman–Crippen LogP) is 11.0. The Hall–Kier alpha value is -2.09. The van der Waals surface area contributed by atoms with Crippen molar-refractivity contribution in [3.63, 3.8) is 0 Å². The number of fused-ring (bicyclic) bond motifs is 7. The molecule has 6 rings (SSSR count).